The highest BCUT2D eigenvalue weighted by Gasteiger charge is 2.21. The molecule has 0 N–H and O–H groups in total. The number of likely N-dealkylation sites (N-methyl/N-ethyl adjacent to an activating group) is 2. The number of hydrogen-bond acceptors (Lipinski definition) is 4. The Bertz CT molecular complexity index is 783. The van der Waals surface area contributed by atoms with Crippen molar-refractivity contribution in [3.05, 3.63) is 46.5 Å². The first-order chi connectivity index (χ1) is 12.9. The molecular weight excluding hydrogens is 366 g/mol. The molecule has 0 radical (unpaired) electrons. The zero-order valence-corrected chi connectivity index (χ0v) is 16.4. The van der Waals surface area contributed by atoms with E-state index in [0.29, 0.717) is 24.7 Å². The van der Waals surface area contributed by atoms with Crippen LogP contribution in [0.5, 0.6) is 5.75 Å². The maximum Gasteiger partial charge on any atom is 0.246 e. The molecule has 0 saturated carbocycles. The highest BCUT2D eigenvalue weighted by molar-refractivity contribution is 6.30. The zero-order chi connectivity index (χ0) is 19.4. The van der Waals surface area contributed by atoms with Crippen LogP contribution >= 0.6 is 11.6 Å². The van der Waals surface area contributed by atoms with Crippen molar-refractivity contribution in [1.29, 1.82) is 0 Å². The molecule has 0 unspecified atom stereocenters. The van der Waals surface area contributed by atoms with Crippen molar-refractivity contribution in [3.63, 3.8) is 0 Å². The van der Waals surface area contributed by atoms with E-state index in [1.807, 2.05) is 30.2 Å². The fourth-order valence-electron chi connectivity index (χ4n) is 3.00. The number of benzene rings is 1. The second-order valence-corrected chi connectivity index (χ2v) is 7.34. The van der Waals surface area contributed by atoms with Crippen molar-refractivity contribution in [1.82, 2.24) is 14.7 Å². The van der Waals surface area contributed by atoms with Crippen molar-refractivity contribution >= 4 is 29.5 Å². The topological polar surface area (TPSA) is 53.1 Å². The van der Waals surface area contributed by atoms with Crippen molar-refractivity contribution < 1.29 is 14.3 Å². The summed E-state index contributed by atoms with van der Waals surface area (Å²) in [6.07, 6.45) is 5.15. The third kappa shape index (κ3) is 5.11. The summed E-state index contributed by atoms with van der Waals surface area (Å²) >= 11 is 6.01. The lowest BCUT2D eigenvalue weighted by atomic mass is 10.1. The molecule has 2 heterocycles. The van der Waals surface area contributed by atoms with Crippen LogP contribution in [0.1, 0.15) is 5.56 Å². The molecular formula is C20H24ClN3O3. The van der Waals surface area contributed by atoms with E-state index >= 15 is 0 Å². The molecule has 2 amide bonds. The van der Waals surface area contributed by atoms with Crippen LogP contribution in [-0.2, 0) is 9.59 Å². The minimum Gasteiger partial charge on any atom is -0.488 e. The summed E-state index contributed by atoms with van der Waals surface area (Å²) in [4.78, 5) is 30.1. The van der Waals surface area contributed by atoms with Gasteiger partial charge in [-0.25, -0.2) is 0 Å². The largest absolute Gasteiger partial charge is 0.488 e. The van der Waals surface area contributed by atoms with Crippen LogP contribution in [0.15, 0.2) is 35.9 Å². The van der Waals surface area contributed by atoms with Gasteiger partial charge in [-0.15, -0.1) is 0 Å². The first kappa shape index (κ1) is 19.5. The summed E-state index contributed by atoms with van der Waals surface area (Å²) in [5, 5.41) is 0.636. The summed E-state index contributed by atoms with van der Waals surface area (Å²) in [6.45, 7) is 3.62. The monoisotopic (exact) mass is 389 g/mol. The molecule has 1 fully saturated rings. The smallest absolute Gasteiger partial charge is 0.246 e. The number of carbonyl (C=O) groups excluding carboxylic acids is 2. The molecule has 1 aromatic rings. The van der Waals surface area contributed by atoms with Crippen molar-refractivity contribution in [3.8, 4) is 5.75 Å². The molecule has 27 heavy (non-hydrogen) atoms. The lowest BCUT2D eigenvalue weighted by Crippen LogP contribution is -2.50. The van der Waals surface area contributed by atoms with Gasteiger partial charge in [0, 0.05) is 49.9 Å². The molecule has 1 aromatic carbocycles. The average Bonchev–Trinajstić information content (AvgIpc) is 2.66. The minimum absolute atomic E-state index is 0.0175. The SMILES string of the molecule is CN1CCN(C(=O)CN(C)C(=O)/C=C/C2=Cc3cc(Cl)ccc3OC2)CC1. The van der Waals surface area contributed by atoms with Gasteiger partial charge in [0.25, 0.3) is 0 Å². The van der Waals surface area contributed by atoms with Crippen LogP contribution in [0, 0.1) is 0 Å². The molecule has 144 valence electrons. The van der Waals surface area contributed by atoms with Crippen molar-refractivity contribution in [2.24, 2.45) is 0 Å². The second kappa shape index (κ2) is 8.59. The number of carbonyl (C=O) groups is 2. The number of nitrogens with zero attached hydrogens (tertiary/aromatic N) is 3. The number of piperazine rings is 1. The van der Waals surface area contributed by atoms with Gasteiger partial charge in [0.2, 0.25) is 11.8 Å². The van der Waals surface area contributed by atoms with Crippen LogP contribution in [0.3, 0.4) is 0 Å². The molecule has 0 atom stereocenters. The average molecular weight is 390 g/mol. The Kier molecular flexibility index (Phi) is 6.19. The molecule has 0 aromatic heterocycles. The highest BCUT2D eigenvalue weighted by Crippen LogP contribution is 2.29. The molecule has 6 nitrogen and oxygen atoms in total. The fraction of sp³-hybridized carbons (Fsp3) is 0.400. The van der Waals surface area contributed by atoms with E-state index in [2.05, 4.69) is 4.90 Å². The van der Waals surface area contributed by atoms with E-state index in [-0.39, 0.29) is 18.4 Å². The summed E-state index contributed by atoms with van der Waals surface area (Å²) in [5.74, 6) is 0.546. The van der Waals surface area contributed by atoms with E-state index in [1.165, 1.54) is 11.0 Å². The van der Waals surface area contributed by atoms with Crippen LogP contribution < -0.4 is 4.74 Å². The standard InChI is InChI=1S/C20H24ClN3O3/c1-22-7-9-24(10-8-22)20(26)13-23(2)19(25)6-3-15-11-16-12-17(21)4-5-18(16)27-14-15/h3-6,11-12H,7-10,13-14H2,1-2H3/b6-3+. The molecule has 0 aliphatic carbocycles. The summed E-state index contributed by atoms with van der Waals surface area (Å²) < 4.78 is 5.67. The number of hydrogen-bond donors (Lipinski definition) is 0. The number of rotatable bonds is 4. The van der Waals surface area contributed by atoms with Crippen LogP contribution in [0.25, 0.3) is 6.08 Å². The Balaban J connectivity index is 1.56. The molecule has 0 spiro atoms. The number of ether oxygens (including phenoxy) is 1. The maximum absolute atomic E-state index is 12.3. The summed E-state index contributed by atoms with van der Waals surface area (Å²) in [7, 11) is 3.68. The molecule has 7 heteroatoms. The molecule has 3 rings (SSSR count). The van der Waals surface area contributed by atoms with Crippen LogP contribution in [-0.4, -0.2) is 79.9 Å². The van der Waals surface area contributed by atoms with Gasteiger partial charge < -0.3 is 19.4 Å². The quantitative estimate of drug-likeness (QED) is 0.738. The summed E-state index contributed by atoms with van der Waals surface area (Å²) in [5.41, 5.74) is 1.76. The molecule has 1 saturated heterocycles. The predicted octanol–water partition coefficient (Wildman–Crippen LogP) is 1.90. The fourth-order valence-corrected chi connectivity index (χ4v) is 3.19. The summed E-state index contributed by atoms with van der Waals surface area (Å²) in [6, 6.07) is 5.44. The molecule has 0 bridgehead atoms. The number of amides is 2. The first-order valence-corrected chi connectivity index (χ1v) is 9.32. The Morgan fingerprint density at radius 2 is 2.00 bits per heavy atom. The van der Waals surface area contributed by atoms with E-state index in [1.54, 1.807) is 19.2 Å². The van der Waals surface area contributed by atoms with Crippen molar-refractivity contribution in [2.75, 3.05) is 53.4 Å². The number of halogens is 1. The Morgan fingerprint density at radius 3 is 2.74 bits per heavy atom. The van der Waals surface area contributed by atoms with Gasteiger partial charge in [0.15, 0.2) is 0 Å². The normalized spacial score (nSPS) is 17.3. The highest BCUT2D eigenvalue weighted by atomic mass is 35.5. The van der Waals surface area contributed by atoms with Gasteiger partial charge in [-0.3, -0.25) is 9.59 Å². The Labute approximate surface area is 164 Å². The third-order valence-electron chi connectivity index (χ3n) is 4.75. The Hall–Kier alpha value is -2.31. The molecule has 2 aliphatic heterocycles. The lowest BCUT2D eigenvalue weighted by molar-refractivity contribution is -0.138. The first-order valence-electron chi connectivity index (χ1n) is 8.95. The van der Waals surface area contributed by atoms with Gasteiger partial charge >= 0.3 is 0 Å². The van der Waals surface area contributed by atoms with Crippen molar-refractivity contribution in [2.45, 2.75) is 0 Å². The minimum atomic E-state index is -0.213. The Morgan fingerprint density at radius 1 is 1.26 bits per heavy atom. The van der Waals surface area contributed by atoms with Gasteiger partial charge in [0.05, 0.1) is 6.54 Å². The van der Waals surface area contributed by atoms with Gasteiger partial charge in [0.1, 0.15) is 12.4 Å². The van der Waals surface area contributed by atoms with Crippen LogP contribution in [0.2, 0.25) is 5.02 Å². The number of fused-ring (bicyclic) bond motifs is 1. The predicted molar refractivity (Wildman–Crippen MR) is 106 cm³/mol. The van der Waals surface area contributed by atoms with E-state index in [9.17, 15) is 9.59 Å². The van der Waals surface area contributed by atoms with Gasteiger partial charge in [-0.05, 0) is 36.9 Å². The van der Waals surface area contributed by atoms with Gasteiger partial charge in [-0.2, -0.15) is 0 Å². The van der Waals surface area contributed by atoms with E-state index in [4.69, 9.17) is 16.3 Å². The third-order valence-corrected chi connectivity index (χ3v) is 4.99. The maximum atomic E-state index is 12.3. The van der Waals surface area contributed by atoms with Gasteiger partial charge in [-0.1, -0.05) is 17.7 Å². The van der Waals surface area contributed by atoms with E-state index < -0.39 is 0 Å². The second-order valence-electron chi connectivity index (χ2n) is 6.90. The zero-order valence-electron chi connectivity index (χ0n) is 15.7. The van der Waals surface area contributed by atoms with Crippen LogP contribution in [0.4, 0.5) is 0 Å². The lowest BCUT2D eigenvalue weighted by Gasteiger charge is -2.33. The molecule has 2 aliphatic rings. The van der Waals surface area contributed by atoms with E-state index in [0.717, 1.165) is 30.0 Å².